The average molecular weight is 346 g/mol. The predicted molar refractivity (Wildman–Crippen MR) is 94.1 cm³/mol. The maximum atomic E-state index is 13.9. The van der Waals surface area contributed by atoms with Crippen molar-refractivity contribution in [3.05, 3.63) is 65.7 Å². The normalized spacial score (nSPS) is 16.1. The van der Waals surface area contributed by atoms with E-state index in [1.807, 2.05) is 12.1 Å². The molecule has 4 nitrogen and oxygen atoms in total. The largest absolute Gasteiger partial charge is 0.399 e. The fourth-order valence-corrected chi connectivity index (χ4v) is 3.13. The summed E-state index contributed by atoms with van der Waals surface area (Å²) in [7, 11) is 1.51. The number of hydrogen-bond donors (Lipinski definition) is 1. The van der Waals surface area contributed by atoms with Crippen LogP contribution in [0.15, 0.2) is 53.7 Å². The number of nitrogens with one attached hydrogen (secondary N) is 1. The van der Waals surface area contributed by atoms with Gasteiger partial charge >= 0.3 is 0 Å². The van der Waals surface area contributed by atoms with Crippen LogP contribution in [0.4, 0.5) is 14.5 Å². The van der Waals surface area contributed by atoms with E-state index in [0.29, 0.717) is 12.2 Å². The van der Waals surface area contributed by atoms with Crippen molar-refractivity contribution in [2.75, 3.05) is 44.7 Å². The second-order valence-corrected chi connectivity index (χ2v) is 6.09. The molecule has 1 N–H and O–H groups in total. The molecule has 2 aromatic carbocycles. The fourth-order valence-electron chi connectivity index (χ4n) is 3.13. The van der Waals surface area contributed by atoms with Gasteiger partial charge in [-0.1, -0.05) is 17.3 Å². The standard InChI is InChI=1S/C19H21F2N3O/c1-25-22-18(15-6-8-16(20)9-7-15)14-23-10-12-24(13-11-23)19-5-3-2-4-17(19)21/h2-9H,10-14H2,1H3/p+1/b22-18+. The summed E-state index contributed by atoms with van der Waals surface area (Å²) in [6.45, 7) is 3.99. The van der Waals surface area contributed by atoms with Gasteiger partial charge in [-0.15, -0.1) is 0 Å². The fraction of sp³-hybridized carbons (Fsp3) is 0.316. The summed E-state index contributed by atoms with van der Waals surface area (Å²) >= 11 is 0. The SMILES string of the molecule is CO/N=C(\C[NH+]1CCN(c2ccccc2F)CC1)c1ccc(F)cc1. The van der Waals surface area contributed by atoms with Crippen molar-refractivity contribution in [2.24, 2.45) is 5.16 Å². The monoisotopic (exact) mass is 346 g/mol. The molecule has 132 valence electrons. The second kappa shape index (κ2) is 8.07. The Morgan fingerprint density at radius 1 is 1.08 bits per heavy atom. The van der Waals surface area contributed by atoms with Gasteiger partial charge in [-0.05, 0) is 36.4 Å². The van der Waals surface area contributed by atoms with E-state index in [4.69, 9.17) is 4.84 Å². The van der Waals surface area contributed by atoms with Crippen LogP contribution in [0.25, 0.3) is 0 Å². The van der Waals surface area contributed by atoms with E-state index in [1.54, 1.807) is 18.2 Å². The Balaban J connectivity index is 1.63. The highest BCUT2D eigenvalue weighted by molar-refractivity contribution is 6.01. The van der Waals surface area contributed by atoms with Crippen LogP contribution >= 0.6 is 0 Å². The predicted octanol–water partition coefficient (Wildman–Crippen LogP) is 1.72. The number of oxime groups is 1. The average Bonchev–Trinajstić information content (AvgIpc) is 2.63. The zero-order valence-corrected chi connectivity index (χ0v) is 14.2. The van der Waals surface area contributed by atoms with Crippen LogP contribution < -0.4 is 9.80 Å². The second-order valence-electron chi connectivity index (χ2n) is 6.09. The van der Waals surface area contributed by atoms with Crippen LogP contribution in [0.2, 0.25) is 0 Å². The van der Waals surface area contributed by atoms with Crippen LogP contribution in [-0.4, -0.2) is 45.5 Å². The first kappa shape index (κ1) is 17.4. The molecule has 1 fully saturated rings. The third-order valence-electron chi connectivity index (χ3n) is 4.46. The number of quaternary nitrogens is 1. The Labute approximate surface area is 146 Å². The zero-order valence-electron chi connectivity index (χ0n) is 14.2. The quantitative estimate of drug-likeness (QED) is 0.660. The molecule has 1 heterocycles. The molecule has 1 saturated heterocycles. The van der Waals surface area contributed by atoms with Crippen LogP contribution in [0, 0.1) is 11.6 Å². The van der Waals surface area contributed by atoms with E-state index < -0.39 is 0 Å². The Kier molecular flexibility index (Phi) is 5.60. The minimum Gasteiger partial charge on any atom is -0.399 e. The maximum Gasteiger partial charge on any atom is 0.146 e. The zero-order chi connectivity index (χ0) is 17.6. The van der Waals surface area contributed by atoms with Gasteiger partial charge in [0.15, 0.2) is 0 Å². The molecule has 25 heavy (non-hydrogen) atoms. The molecular formula is C19H22F2N3O+. The molecule has 0 spiro atoms. The van der Waals surface area contributed by atoms with Crippen molar-refractivity contribution in [3.63, 3.8) is 0 Å². The first-order valence-electron chi connectivity index (χ1n) is 8.36. The molecule has 0 unspecified atom stereocenters. The summed E-state index contributed by atoms with van der Waals surface area (Å²) in [5.74, 6) is -0.453. The lowest BCUT2D eigenvalue weighted by Gasteiger charge is -2.33. The van der Waals surface area contributed by atoms with Crippen molar-refractivity contribution in [2.45, 2.75) is 0 Å². The molecule has 1 aliphatic rings. The smallest absolute Gasteiger partial charge is 0.146 e. The summed E-state index contributed by atoms with van der Waals surface area (Å²) in [6, 6.07) is 13.1. The van der Waals surface area contributed by atoms with E-state index in [2.05, 4.69) is 10.1 Å². The summed E-state index contributed by atoms with van der Waals surface area (Å²) in [6.07, 6.45) is 0. The maximum absolute atomic E-state index is 13.9. The van der Waals surface area contributed by atoms with Crippen molar-refractivity contribution in [1.29, 1.82) is 0 Å². The molecule has 6 heteroatoms. The van der Waals surface area contributed by atoms with E-state index in [9.17, 15) is 8.78 Å². The Morgan fingerprint density at radius 3 is 2.40 bits per heavy atom. The number of nitrogens with zero attached hydrogens (tertiary/aromatic N) is 2. The molecule has 0 atom stereocenters. The van der Waals surface area contributed by atoms with Gasteiger partial charge in [0.1, 0.15) is 31.0 Å². The van der Waals surface area contributed by atoms with Crippen molar-refractivity contribution >= 4 is 11.4 Å². The molecule has 0 aliphatic carbocycles. The highest BCUT2D eigenvalue weighted by Gasteiger charge is 2.23. The highest BCUT2D eigenvalue weighted by Crippen LogP contribution is 2.18. The number of para-hydroxylation sites is 1. The van der Waals surface area contributed by atoms with E-state index in [1.165, 1.54) is 30.2 Å². The Hall–Kier alpha value is -2.47. The lowest BCUT2D eigenvalue weighted by molar-refractivity contribution is -0.891. The lowest BCUT2D eigenvalue weighted by atomic mass is 10.1. The van der Waals surface area contributed by atoms with E-state index in [-0.39, 0.29) is 11.6 Å². The van der Waals surface area contributed by atoms with E-state index >= 15 is 0 Å². The molecule has 0 radical (unpaired) electrons. The van der Waals surface area contributed by atoms with Gasteiger partial charge in [-0.3, -0.25) is 0 Å². The van der Waals surface area contributed by atoms with Gasteiger partial charge in [-0.25, -0.2) is 8.78 Å². The first-order valence-corrected chi connectivity index (χ1v) is 8.36. The highest BCUT2D eigenvalue weighted by atomic mass is 19.1. The summed E-state index contributed by atoms with van der Waals surface area (Å²) in [5.41, 5.74) is 2.30. The third kappa shape index (κ3) is 4.33. The first-order chi connectivity index (χ1) is 12.2. The van der Waals surface area contributed by atoms with Gasteiger partial charge in [0.2, 0.25) is 0 Å². The summed E-state index contributed by atoms with van der Waals surface area (Å²) < 4.78 is 27.0. The molecular weight excluding hydrogens is 324 g/mol. The number of piperazine rings is 1. The van der Waals surface area contributed by atoms with Crippen LogP contribution in [-0.2, 0) is 4.84 Å². The van der Waals surface area contributed by atoms with Crippen LogP contribution in [0.1, 0.15) is 5.56 Å². The number of hydrogen-bond acceptors (Lipinski definition) is 3. The molecule has 0 amide bonds. The number of benzene rings is 2. The number of anilines is 1. The topological polar surface area (TPSA) is 29.3 Å². The minimum atomic E-state index is -0.272. The van der Waals surface area contributed by atoms with Gasteiger partial charge in [0, 0.05) is 5.56 Å². The van der Waals surface area contributed by atoms with Gasteiger partial charge < -0.3 is 14.6 Å². The molecule has 3 rings (SSSR count). The minimum absolute atomic E-state index is 0.182. The van der Waals surface area contributed by atoms with Crippen molar-refractivity contribution < 1.29 is 18.5 Å². The van der Waals surface area contributed by atoms with Crippen molar-refractivity contribution in [3.8, 4) is 0 Å². The summed E-state index contributed by atoms with van der Waals surface area (Å²) in [5, 5.41) is 4.11. The van der Waals surface area contributed by atoms with Gasteiger partial charge in [-0.2, -0.15) is 0 Å². The van der Waals surface area contributed by atoms with Gasteiger partial charge in [0.05, 0.1) is 31.9 Å². The van der Waals surface area contributed by atoms with Crippen molar-refractivity contribution in [1.82, 2.24) is 0 Å². The number of rotatable bonds is 5. The lowest BCUT2D eigenvalue weighted by Crippen LogP contribution is -3.15. The van der Waals surface area contributed by atoms with Crippen LogP contribution in [0.5, 0.6) is 0 Å². The van der Waals surface area contributed by atoms with Crippen LogP contribution in [0.3, 0.4) is 0 Å². The Morgan fingerprint density at radius 2 is 1.76 bits per heavy atom. The Bertz CT molecular complexity index is 726. The molecule has 0 saturated carbocycles. The third-order valence-corrected chi connectivity index (χ3v) is 4.46. The van der Waals surface area contributed by atoms with E-state index in [0.717, 1.165) is 37.5 Å². The molecule has 2 aromatic rings. The van der Waals surface area contributed by atoms with Gasteiger partial charge in [0.25, 0.3) is 0 Å². The molecule has 1 aliphatic heterocycles. The molecule has 0 bridgehead atoms. The number of halogens is 2. The summed E-state index contributed by atoms with van der Waals surface area (Å²) in [4.78, 5) is 8.37. The molecule has 0 aromatic heterocycles.